The van der Waals surface area contributed by atoms with Crippen LogP contribution in [0.3, 0.4) is 0 Å². The van der Waals surface area contributed by atoms with Gasteiger partial charge in [-0.25, -0.2) is 0 Å². The van der Waals surface area contributed by atoms with Gasteiger partial charge in [0.05, 0.1) is 0 Å². The van der Waals surface area contributed by atoms with E-state index in [2.05, 4.69) is 4.98 Å². The molecule has 0 amide bonds. The molecule has 0 unspecified atom stereocenters. The molecule has 1 heterocycles. The lowest BCUT2D eigenvalue weighted by atomic mass is 10.2. The van der Waals surface area contributed by atoms with Gasteiger partial charge < -0.3 is 5.11 Å². The lowest BCUT2D eigenvalue weighted by Gasteiger charge is -2.17. The summed E-state index contributed by atoms with van der Waals surface area (Å²) < 4.78 is -0.740. The van der Waals surface area contributed by atoms with Crippen LogP contribution in [0.4, 0.5) is 0 Å². The SMILES string of the molecule is CC(C)(SCc1cccnc1)C(=O)O. The van der Waals surface area contributed by atoms with Gasteiger partial charge in [0.2, 0.25) is 0 Å². The Balaban J connectivity index is 2.53. The Bertz CT molecular complexity index is 311. The van der Waals surface area contributed by atoms with Gasteiger partial charge in [0.1, 0.15) is 4.75 Å². The van der Waals surface area contributed by atoms with Crippen molar-refractivity contribution in [2.24, 2.45) is 0 Å². The van der Waals surface area contributed by atoms with E-state index in [1.807, 2.05) is 12.1 Å². The van der Waals surface area contributed by atoms with Gasteiger partial charge in [-0.15, -0.1) is 11.8 Å². The molecular weight excluding hydrogens is 198 g/mol. The van der Waals surface area contributed by atoms with Crippen LogP contribution in [0.25, 0.3) is 0 Å². The van der Waals surface area contributed by atoms with E-state index in [-0.39, 0.29) is 0 Å². The third kappa shape index (κ3) is 3.03. The number of thioether (sulfide) groups is 1. The summed E-state index contributed by atoms with van der Waals surface area (Å²) in [5, 5.41) is 8.88. The highest BCUT2D eigenvalue weighted by Crippen LogP contribution is 2.27. The van der Waals surface area contributed by atoms with Crippen LogP contribution in [0.15, 0.2) is 24.5 Å². The Morgan fingerprint density at radius 2 is 2.36 bits per heavy atom. The second-order valence-corrected chi connectivity index (χ2v) is 5.06. The van der Waals surface area contributed by atoms with Crippen molar-refractivity contribution in [3.05, 3.63) is 30.1 Å². The highest BCUT2D eigenvalue weighted by atomic mass is 32.2. The van der Waals surface area contributed by atoms with Crippen LogP contribution in [0.1, 0.15) is 19.4 Å². The Morgan fingerprint density at radius 3 is 2.86 bits per heavy atom. The van der Waals surface area contributed by atoms with Crippen LogP contribution in [-0.4, -0.2) is 20.8 Å². The lowest BCUT2D eigenvalue weighted by molar-refractivity contribution is -0.138. The van der Waals surface area contributed by atoms with Gasteiger partial charge in [0, 0.05) is 18.1 Å². The molecule has 0 saturated carbocycles. The van der Waals surface area contributed by atoms with Crippen LogP contribution in [-0.2, 0) is 10.5 Å². The van der Waals surface area contributed by atoms with Gasteiger partial charge in [-0.3, -0.25) is 9.78 Å². The molecule has 0 aliphatic carbocycles. The first-order valence-electron chi connectivity index (χ1n) is 4.28. The summed E-state index contributed by atoms with van der Waals surface area (Å²) in [7, 11) is 0. The first-order valence-corrected chi connectivity index (χ1v) is 5.27. The van der Waals surface area contributed by atoms with Crippen LogP contribution < -0.4 is 0 Å². The number of aliphatic carboxylic acids is 1. The maximum absolute atomic E-state index is 10.8. The van der Waals surface area contributed by atoms with Crippen LogP contribution in [0.5, 0.6) is 0 Å². The smallest absolute Gasteiger partial charge is 0.319 e. The molecule has 1 aromatic heterocycles. The molecule has 76 valence electrons. The summed E-state index contributed by atoms with van der Waals surface area (Å²) in [6.07, 6.45) is 3.46. The molecule has 0 atom stereocenters. The van der Waals surface area contributed by atoms with E-state index in [9.17, 15) is 4.79 Å². The van der Waals surface area contributed by atoms with Crippen LogP contribution in [0, 0.1) is 0 Å². The Hall–Kier alpha value is -1.03. The Labute approximate surface area is 87.6 Å². The molecule has 0 aromatic carbocycles. The molecule has 4 heteroatoms. The molecule has 0 saturated heterocycles. The van der Waals surface area contributed by atoms with Crippen molar-refractivity contribution < 1.29 is 9.90 Å². The zero-order chi connectivity index (χ0) is 10.6. The lowest BCUT2D eigenvalue weighted by Crippen LogP contribution is -2.27. The van der Waals surface area contributed by atoms with Gasteiger partial charge in [-0.2, -0.15) is 0 Å². The topological polar surface area (TPSA) is 50.2 Å². The molecule has 0 aliphatic rings. The maximum atomic E-state index is 10.8. The molecule has 0 radical (unpaired) electrons. The maximum Gasteiger partial charge on any atom is 0.319 e. The average Bonchev–Trinajstić information content (AvgIpc) is 2.16. The summed E-state index contributed by atoms with van der Waals surface area (Å²) in [6, 6.07) is 3.79. The second-order valence-electron chi connectivity index (χ2n) is 3.47. The minimum atomic E-state index is -0.786. The average molecular weight is 211 g/mol. The number of pyridine rings is 1. The van der Waals surface area contributed by atoms with Crippen molar-refractivity contribution in [1.82, 2.24) is 4.98 Å². The predicted octanol–water partition coefficient (Wildman–Crippen LogP) is 2.18. The highest BCUT2D eigenvalue weighted by molar-refractivity contribution is 8.00. The quantitative estimate of drug-likeness (QED) is 0.829. The minimum absolute atomic E-state index is 0.674. The Kier molecular flexibility index (Phi) is 3.52. The van der Waals surface area contributed by atoms with E-state index in [1.165, 1.54) is 11.8 Å². The zero-order valence-electron chi connectivity index (χ0n) is 8.23. The van der Waals surface area contributed by atoms with E-state index in [0.29, 0.717) is 5.75 Å². The summed E-state index contributed by atoms with van der Waals surface area (Å²) in [5.41, 5.74) is 1.05. The fourth-order valence-corrected chi connectivity index (χ4v) is 1.63. The molecule has 0 fully saturated rings. The number of aromatic nitrogens is 1. The monoisotopic (exact) mass is 211 g/mol. The fourth-order valence-electron chi connectivity index (χ4n) is 0.809. The van der Waals surface area contributed by atoms with Crippen molar-refractivity contribution >= 4 is 17.7 Å². The third-order valence-corrected chi connectivity index (χ3v) is 3.21. The minimum Gasteiger partial charge on any atom is -0.480 e. The number of carboxylic acids is 1. The first-order chi connectivity index (χ1) is 6.52. The second kappa shape index (κ2) is 4.46. The summed E-state index contributed by atoms with van der Waals surface area (Å²) in [4.78, 5) is 14.8. The van der Waals surface area contributed by atoms with Crippen molar-refractivity contribution in [2.45, 2.75) is 24.3 Å². The van der Waals surface area contributed by atoms with Gasteiger partial charge in [0.25, 0.3) is 0 Å². The predicted molar refractivity (Wildman–Crippen MR) is 57.2 cm³/mol. The fraction of sp³-hybridized carbons (Fsp3) is 0.400. The summed E-state index contributed by atoms with van der Waals surface area (Å²) in [6.45, 7) is 3.41. The normalized spacial score (nSPS) is 11.3. The van der Waals surface area contributed by atoms with Crippen LogP contribution >= 0.6 is 11.8 Å². The largest absolute Gasteiger partial charge is 0.480 e. The number of hydrogen-bond donors (Lipinski definition) is 1. The number of nitrogens with zero attached hydrogens (tertiary/aromatic N) is 1. The standard InChI is InChI=1S/C10H13NO2S/c1-10(2,9(12)13)14-7-8-4-3-5-11-6-8/h3-6H,7H2,1-2H3,(H,12,13). The number of rotatable bonds is 4. The molecule has 1 N–H and O–H groups in total. The van der Waals surface area contributed by atoms with E-state index in [0.717, 1.165) is 5.56 Å². The van der Waals surface area contributed by atoms with Crippen molar-refractivity contribution in [3.8, 4) is 0 Å². The van der Waals surface area contributed by atoms with Crippen LogP contribution in [0.2, 0.25) is 0 Å². The van der Waals surface area contributed by atoms with Gasteiger partial charge in [-0.1, -0.05) is 6.07 Å². The number of hydrogen-bond acceptors (Lipinski definition) is 3. The van der Waals surface area contributed by atoms with Gasteiger partial charge >= 0.3 is 5.97 Å². The van der Waals surface area contributed by atoms with E-state index < -0.39 is 10.7 Å². The number of carboxylic acid groups (broad SMARTS) is 1. The molecule has 14 heavy (non-hydrogen) atoms. The zero-order valence-corrected chi connectivity index (χ0v) is 9.04. The van der Waals surface area contributed by atoms with E-state index in [4.69, 9.17) is 5.11 Å². The first kappa shape index (κ1) is 11.0. The third-order valence-electron chi connectivity index (χ3n) is 1.84. The van der Waals surface area contributed by atoms with Gasteiger partial charge in [-0.05, 0) is 25.5 Å². The number of carbonyl (C=O) groups is 1. The van der Waals surface area contributed by atoms with E-state index in [1.54, 1.807) is 26.2 Å². The molecule has 0 aliphatic heterocycles. The molecule has 1 rings (SSSR count). The summed E-state index contributed by atoms with van der Waals surface area (Å²) >= 11 is 1.40. The molecule has 1 aromatic rings. The van der Waals surface area contributed by atoms with Crippen molar-refractivity contribution in [3.63, 3.8) is 0 Å². The molecule has 3 nitrogen and oxygen atoms in total. The molecule has 0 spiro atoms. The van der Waals surface area contributed by atoms with Gasteiger partial charge in [0.15, 0.2) is 0 Å². The Morgan fingerprint density at radius 1 is 1.64 bits per heavy atom. The van der Waals surface area contributed by atoms with E-state index >= 15 is 0 Å². The summed E-state index contributed by atoms with van der Waals surface area (Å²) in [5.74, 6) is -0.112. The molecular formula is C10H13NO2S. The molecule has 0 bridgehead atoms. The van der Waals surface area contributed by atoms with Crippen molar-refractivity contribution in [2.75, 3.05) is 0 Å². The highest BCUT2D eigenvalue weighted by Gasteiger charge is 2.27. The van der Waals surface area contributed by atoms with Crippen molar-refractivity contribution in [1.29, 1.82) is 0 Å².